The Labute approximate surface area is 196 Å². The minimum Gasteiger partial charge on any atom is -0.354 e. The van der Waals surface area contributed by atoms with Crippen molar-refractivity contribution >= 4 is 41.3 Å². The molecular weight excluding hydrogens is 493 g/mol. The lowest BCUT2D eigenvalue weighted by molar-refractivity contribution is 0.249. The SMILES string of the molecule is CN=C(NCc1ccccc1CN(C)C)NCC(c1cccs1)N1CCCC1.I. The lowest BCUT2D eigenvalue weighted by atomic mass is 10.1. The van der Waals surface area contributed by atoms with Crippen molar-refractivity contribution in [2.45, 2.75) is 32.0 Å². The van der Waals surface area contributed by atoms with Gasteiger partial charge in [-0.3, -0.25) is 9.89 Å². The van der Waals surface area contributed by atoms with E-state index in [-0.39, 0.29) is 24.0 Å². The highest BCUT2D eigenvalue weighted by Crippen LogP contribution is 2.27. The van der Waals surface area contributed by atoms with Crippen LogP contribution in [0.5, 0.6) is 0 Å². The standard InChI is InChI=1S/C22H33N5S.HI/c1-23-22(24-15-18-9-4-5-10-19(18)17-26(2)3)25-16-20(21-11-8-14-28-21)27-12-6-7-13-27;/h4-5,8-11,14,20H,6-7,12-13,15-17H2,1-3H3,(H2,23,24,25);1H. The van der Waals surface area contributed by atoms with Crippen molar-refractivity contribution in [2.24, 2.45) is 4.99 Å². The molecule has 2 N–H and O–H groups in total. The maximum atomic E-state index is 4.44. The van der Waals surface area contributed by atoms with E-state index in [0.717, 1.165) is 25.6 Å². The predicted molar refractivity (Wildman–Crippen MR) is 135 cm³/mol. The van der Waals surface area contributed by atoms with E-state index < -0.39 is 0 Å². The third-order valence-corrected chi connectivity index (χ3v) is 6.16. The van der Waals surface area contributed by atoms with Gasteiger partial charge in [-0.15, -0.1) is 35.3 Å². The van der Waals surface area contributed by atoms with Crippen LogP contribution in [0.3, 0.4) is 0 Å². The summed E-state index contributed by atoms with van der Waals surface area (Å²) < 4.78 is 0. The highest BCUT2D eigenvalue weighted by molar-refractivity contribution is 14.0. The Bertz CT molecular complexity index is 741. The third kappa shape index (κ3) is 7.24. The third-order valence-electron chi connectivity index (χ3n) is 5.19. The molecule has 0 aliphatic carbocycles. The largest absolute Gasteiger partial charge is 0.354 e. The van der Waals surface area contributed by atoms with Crippen molar-refractivity contribution in [3.8, 4) is 0 Å². The predicted octanol–water partition coefficient (Wildman–Crippen LogP) is 3.93. The molecule has 3 rings (SSSR count). The van der Waals surface area contributed by atoms with E-state index in [1.807, 2.05) is 18.4 Å². The summed E-state index contributed by atoms with van der Waals surface area (Å²) in [6, 6.07) is 13.4. The Morgan fingerprint density at radius 1 is 1.10 bits per heavy atom. The molecule has 1 aliphatic heterocycles. The maximum Gasteiger partial charge on any atom is 0.191 e. The highest BCUT2D eigenvalue weighted by atomic mass is 127. The summed E-state index contributed by atoms with van der Waals surface area (Å²) >= 11 is 1.85. The fourth-order valence-corrected chi connectivity index (χ4v) is 4.62. The molecule has 0 radical (unpaired) electrons. The minimum absolute atomic E-state index is 0. The van der Waals surface area contributed by atoms with Crippen LogP contribution in [0.4, 0.5) is 0 Å². The zero-order valence-corrected chi connectivity index (χ0v) is 20.9. The minimum atomic E-state index is 0. The van der Waals surface area contributed by atoms with E-state index in [0.29, 0.717) is 6.04 Å². The van der Waals surface area contributed by atoms with Gasteiger partial charge in [0.1, 0.15) is 0 Å². The summed E-state index contributed by atoms with van der Waals surface area (Å²) in [5.41, 5.74) is 2.66. The van der Waals surface area contributed by atoms with E-state index in [9.17, 15) is 0 Å². The number of likely N-dealkylation sites (tertiary alicyclic amines) is 1. The van der Waals surface area contributed by atoms with Crippen LogP contribution in [0.1, 0.15) is 34.9 Å². The lowest BCUT2D eigenvalue weighted by Crippen LogP contribution is -2.42. The average Bonchev–Trinajstić information content (AvgIpc) is 3.40. The number of benzene rings is 1. The molecular formula is C22H34IN5S. The summed E-state index contributed by atoms with van der Waals surface area (Å²) in [5, 5.41) is 9.23. The molecule has 0 amide bonds. The van der Waals surface area contributed by atoms with Crippen LogP contribution in [0.15, 0.2) is 46.8 Å². The second-order valence-corrected chi connectivity index (χ2v) is 8.57. The molecule has 7 heteroatoms. The van der Waals surface area contributed by atoms with Crippen LogP contribution in [0.2, 0.25) is 0 Å². The topological polar surface area (TPSA) is 42.9 Å². The molecule has 160 valence electrons. The van der Waals surface area contributed by atoms with Gasteiger partial charge in [-0.1, -0.05) is 30.3 Å². The molecule has 0 bridgehead atoms. The summed E-state index contributed by atoms with van der Waals surface area (Å²) in [6.45, 7) is 4.97. The number of guanidine groups is 1. The fourth-order valence-electron chi connectivity index (χ4n) is 3.76. The first kappa shape index (κ1) is 24.1. The number of hydrogen-bond donors (Lipinski definition) is 2. The molecule has 5 nitrogen and oxygen atoms in total. The van der Waals surface area contributed by atoms with Crippen LogP contribution in [0.25, 0.3) is 0 Å². The van der Waals surface area contributed by atoms with Gasteiger partial charge in [0.15, 0.2) is 5.96 Å². The molecule has 1 atom stereocenters. The number of aliphatic imine (C=N–C) groups is 1. The van der Waals surface area contributed by atoms with Crippen molar-refractivity contribution in [3.63, 3.8) is 0 Å². The second-order valence-electron chi connectivity index (χ2n) is 7.59. The Hall–Kier alpha value is -1.16. The molecule has 0 spiro atoms. The van der Waals surface area contributed by atoms with Gasteiger partial charge in [0.05, 0.1) is 6.04 Å². The number of nitrogens with one attached hydrogen (secondary N) is 2. The molecule has 2 heterocycles. The molecule has 1 saturated heterocycles. The van der Waals surface area contributed by atoms with Gasteiger partial charge < -0.3 is 15.5 Å². The zero-order valence-electron chi connectivity index (χ0n) is 17.7. The molecule has 2 aromatic rings. The Balaban J connectivity index is 0.00000300. The summed E-state index contributed by atoms with van der Waals surface area (Å²) in [7, 11) is 6.05. The van der Waals surface area contributed by atoms with Gasteiger partial charge in [-0.2, -0.15) is 0 Å². The maximum absolute atomic E-state index is 4.44. The summed E-state index contributed by atoms with van der Waals surface area (Å²) in [4.78, 5) is 10.7. The number of rotatable bonds is 8. The number of thiophene rings is 1. The molecule has 1 fully saturated rings. The van der Waals surface area contributed by atoms with Crippen molar-refractivity contribution in [1.29, 1.82) is 0 Å². The summed E-state index contributed by atoms with van der Waals surface area (Å²) in [5.74, 6) is 0.861. The second kappa shape index (κ2) is 12.5. The first-order valence-electron chi connectivity index (χ1n) is 10.1. The number of hydrogen-bond acceptors (Lipinski definition) is 4. The number of nitrogens with zero attached hydrogens (tertiary/aromatic N) is 3. The van der Waals surface area contributed by atoms with Crippen LogP contribution in [-0.2, 0) is 13.1 Å². The molecule has 1 aromatic carbocycles. The van der Waals surface area contributed by atoms with Crippen molar-refractivity contribution < 1.29 is 0 Å². The van der Waals surface area contributed by atoms with Crippen LogP contribution >= 0.6 is 35.3 Å². The smallest absolute Gasteiger partial charge is 0.191 e. The highest BCUT2D eigenvalue weighted by Gasteiger charge is 2.24. The fraction of sp³-hybridized carbons (Fsp3) is 0.500. The molecule has 1 aromatic heterocycles. The molecule has 1 aliphatic rings. The van der Waals surface area contributed by atoms with Gasteiger partial charge in [-0.25, -0.2) is 0 Å². The van der Waals surface area contributed by atoms with Gasteiger partial charge in [0.2, 0.25) is 0 Å². The van der Waals surface area contributed by atoms with Crippen molar-refractivity contribution in [2.75, 3.05) is 40.8 Å². The Morgan fingerprint density at radius 2 is 1.83 bits per heavy atom. The average molecular weight is 528 g/mol. The van der Waals surface area contributed by atoms with Crippen LogP contribution in [0, 0.1) is 0 Å². The lowest BCUT2D eigenvalue weighted by Gasteiger charge is -2.27. The van der Waals surface area contributed by atoms with Gasteiger partial charge in [0, 0.05) is 31.6 Å². The van der Waals surface area contributed by atoms with Gasteiger partial charge in [0.25, 0.3) is 0 Å². The van der Waals surface area contributed by atoms with E-state index in [2.05, 4.69) is 81.3 Å². The van der Waals surface area contributed by atoms with Crippen LogP contribution in [-0.4, -0.2) is 56.5 Å². The Morgan fingerprint density at radius 3 is 2.45 bits per heavy atom. The molecule has 1 unspecified atom stereocenters. The van der Waals surface area contributed by atoms with Crippen molar-refractivity contribution in [3.05, 3.63) is 57.8 Å². The molecule has 0 saturated carbocycles. The normalized spacial score (nSPS) is 15.9. The zero-order chi connectivity index (χ0) is 19.8. The van der Waals surface area contributed by atoms with Gasteiger partial charge >= 0.3 is 0 Å². The molecule has 29 heavy (non-hydrogen) atoms. The van der Waals surface area contributed by atoms with E-state index in [1.54, 1.807) is 0 Å². The first-order valence-corrected chi connectivity index (χ1v) is 11.0. The Kier molecular flexibility index (Phi) is 10.4. The summed E-state index contributed by atoms with van der Waals surface area (Å²) in [6.07, 6.45) is 2.61. The van der Waals surface area contributed by atoms with Crippen LogP contribution < -0.4 is 10.6 Å². The van der Waals surface area contributed by atoms with E-state index in [4.69, 9.17) is 0 Å². The number of halogens is 1. The monoisotopic (exact) mass is 527 g/mol. The van der Waals surface area contributed by atoms with E-state index >= 15 is 0 Å². The van der Waals surface area contributed by atoms with E-state index in [1.165, 1.54) is 41.9 Å². The first-order chi connectivity index (χ1) is 13.7. The van der Waals surface area contributed by atoms with Gasteiger partial charge in [-0.05, 0) is 62.6 Å². The quantitative estimate of drug-likeness (QED) is 0.310. The van der Waals surface area contributed by atoms with Crippen molar-refractivity contribution in [1.82, 2.24) is 20.4 Å².